The quantitative estimate of drug-likeness (QED) is 0.880. The zero-order chi connectivity index (χ0) is 13.9. The van der Waals surface area contributed by atoms with E-state index < -0.39 is 30.8 Å². The standard InChI is InChI=1S/C13H16F2N2O2/c1-2-19-10-5-3-9(4-6-10)17-12(18)11-7-13(14,15)8-16-11/h3-6,11,16H,2,7-8H2,1H3,(H,17,18). The molecule has 0 bridgehead atoms. The molecule has 0 saturated carbocycles. The van der Waals surface area contributed by atoms with E-state index in [1.165, 1.54) is 0 Å². The van der Waals surface area contributed by atoms with Crippen molar-refractivity contribution >= 4 is 11.6 Å². The number of amides is 1. The van der Waals surface area contributed by atoms with Crippen LogP contribution in [0.4, 0.5) is 14.5 Å². The van der Waals surface area contributed by atoms with Crippen LogP contribution in [0, 0.1) is 0 Å². The fraction of sp³-hybridized carbons (Fsp3) is 0.462. The van der Waals surface area contributed by atoms with Gasteiger partial charge in [-0.05, 0) is 31.2 Å². The lowest BCUT2D eigenvalue weighted by molar-refractivity contribution is -0.118. The Labute approximate surface area is 110 Å². The number of halogens is 2. The third-order valence-corrected chi connectivity index (χ3v) is 2.86. The van der Waals surface area contributed by atoms with Crippen molar-refractivity contribution in [1.82, 2.24) is 5.32 Å². The highest BCUT2D eigenvalue weighted by atomic mass is 19.3. The summed E-state index contributed by atoms with van der Waals surface area (Å²) in [6, 6.07) is 5.94. The first-order valence-corrected chi connectivity index (χ1v) is 6.15. The fourth-order valence-electron chi connectivity index (χ4n) is 1.93. The Morgan fingerprint density at radius 2 is 2.16 bits per heavy atom. The molecule has 2 rings (SSSR count). The smallest absolute Gasteiger partial charge is 0.262 e. The maximum absolute atomic E-state index is 13.0. The molecule has 1 aromatic rings. The van der Waals surface area contributed by atoms with Crippen LogP contribution in [-0.2, 0) is 4.79 Å². The van der Waals surface area contributed by atoms with Gasteiger partial charge in [0.05, 0.1) is 19.2 Å². The van der Waals surface area contributed by atoms with Gasteiger partial charge in [-0.15, -0.1) is 0 Å². The largest absolute Gasteiger partial charge is 0.494 e. The number of hydrogen-bond acceptors (Lipinski definition) is 3. The van der Waals surface area contributed by atoms with Gasteiger partial charge in [0.15, 0.2) is 0 Å². The number of carbonyl (C=O) groups is 1. The molecular formula is C13H16F2N2O2. The van der Waals surface area contributed by atoms with Crippen molar-refractivity contribution in [3.63, 3.8) is 0 Å². The maximum Gasteiger partial charge on any atom is 0.262 e. The minimum absolute atomic E-state index is 0.443. The zero-order valence-electron chi connectivity index (χ0n) is 10.6. The lowest BCUT2D eigenvalue weighted by atomic mass is 10.2. The number of carbonyl (C=O) groups excluding carboxylic acids is 1. The number of rotatable bonds is 4. The van der Waals surface area contributed by atoms with E-state index in [1.54, 1.807) is 24.3 Å². The van der Waals surface area contributed by atoms with E-state index >= 15 is 0 Å². The second-order valence-corrected chi connectivity index (χ2v) is 4.44. The van der Waals surface area contributed by atoms with Gasteiger partial charge in [0.1, 0.15) is 5.75 Å². The Morgan fingerprint density at radius 3 is 2.68 bits per heavy atom. The lowest BCUT2D eigenvalue weighted by Gasteiger charge is -2.11. The fourth-order valence-corrected chi connectivity index (χ4v) is 1.93. The van der Waals surface area contributed by atoms with Gasteiger partial charge >= 0.3 is 0 Å². The summed E-state index contributed by atoms with van der Waals surface area (Å²) in [6.45, 7) is 1.99. The van der Waals surface area contributed by atoms with Gasteiger partial charge in [0.2, 0.25) is 5.91 Å². The predicted octanol–water partition coefficient (Wildman–Crippen LogP) is 2.02. The molecule has 1 amide bonds. The van der Waals surface area contributed by atoms with Crippen molar-refractivity contribution < 1.29 is 18.3 Å². The Hall–Kier alpha value is -1.69. The van der Waals surface area contributed by atoms with Crippen molar-refractivity contribution in [3.05, 3.63) is 24.3 Å². The molecule has 1 fully saturated rings. The summed E-state index contributed by atoms with van der Waals surface area (Å²) < 4.78 is 31.2. The van der Waals surface area contributed by atoms with Gasteiger partial charge in [0.25, 0.3) is 5.92 Å². The first-order valence-electron chi connectivity index (χ1n) is 6.15. The molecule has 6 heteroatoms. The predicted molar refractivity (Wildman–Crippen MR) is 67.6 cm³/mol. The second-order valence-electron chi connectivity index (χ2n) is 4.44. The number of anilines is 1. The lowest BCUT2D eigenvalue weighted by Crippen LogP contribution is -2.35. The topological polar surface area (TPSA) is 50.4 Å². The van der Waals surface area contributed by atoms with Crippen LogP contribution < -0.4 is 15.4 Å². The molecule has 2 N–H and O–H groups in total. The van der Waals surface area contributed by atoms with Crippen molar-refractivity contribution in [3.8, 4) is 5.75 Å². The summed E-state index contributed by atoms with van der Waals surface area (Å²) in [7, 11) is 0. The molecule has 1 unspecified atom stereocenters. The van der Waals surface area contributed by atoms with Gasteiger partial charge < -0.3 is 10.1 Å². The van der Waals surface area contributed by atoms with Crippen LogP contribution in [0.25, 0.3) is 0 Å². The van der Waals surface area contributed by atoms with Gasteiger partial charge in [-0.2, -0.15) is 0 Å². The van der Waals surface area contributed by atoms with Gasteiger partial charge in [-0.1, -0.05) is 0 Å². The average molecular weight is 270 g/mol. The van der Waals surface area contributed by atoms with Crippen LogP contribution in [0.5, 0.6) is 5.75 Å². The van der Waals surface area contributed by atoms with Crippen molar-refractivity contribution in [1.29, 1.82) is 0 Å². The molecule has 1 aromatic carbocycles. The first-order chi connectivity index (χ1) is 9.00. The average Bonchev–Trinajstić information content (AvgIpc) is 2.73. The third kappa shape index (κ3) is 3.64. The van der Waals surface area contributed by atoms with Crippen LogP contribution >= 0.6 is 0 Å². The molecule has 1 atom stereocenters. The first kappa shape index (κ1) is 13.7. The maximum atomic E-state index is 13.0. The molecule has 0 aromatic heterocycles. The summed E-state index contributed by atoms with van der Waals surface area (Å²) in [5, 5.41) is 5.11. The Morgan fingerprint density at radius 1 is 1.47 bits per heavy atom. The second kappa shape index (κ2) is 5.52. The minimum atomic E-state index is -2.80. The highest BCUT2D eigenvalue weighted by Crippen LogP contribution is 2.26. The summed E-state index contributed by atoms with van der Waals surface area (Å²) >= 11 is 0. The Kier molecular flexibility index (Phi) is 3.99. The van der Waals surface area contributed by atoms with Gasteiger partial charge in [0, 0.05) is 12.1 Å². The zero-order valence-corrected chi connectivity index (χ0v) is 10.6. The van der Waals surface area contributed by atoms with Crippen LogP contribution in [0.1, 0.15) is 13.3 Å². The van der Waals surface area contributed by atoms with E-state index in [4.69, 9.17) is 4.74 Å². The summed E-state index contributed by atoms with van der Waals surface area (Å²) in [5.74, 6) is -2.55. The van der Waals surface area contributed by atoms with Crippen molar-refractivity contribution in [2.24, 2.45) is 0 Å². The van der Waals surface area contributed by atoms with E-state index in [0.717, 1.165) is 0 Å². The summed E-state index contributed by atoms with van der Waals surface area (Å²) in [6.07, 6.45) is -0.462. The van der Waals surface area contributed by atoms with Crippen LogP contribution in [0.15, 0.2) is 24.3 Å². The van der Waals surface area contributed by atoms with E-state index in [9.17, 15) is 13.6 Å². The normalized spacial score (nSPS) is 21.1. The minimum Gasteiger partial charge on any atom is -0.494 e. The van der Waals surface area contributed by atoms with Crippen LogP contribution in [0.2, 0.25) is 0 Å². The molecule has 1 aliphatic rings. The van der Waals surface area contributed by atoms with Crippen LogP contribution in [0.3, 0.4) is 0 Å². The molecule has 19 heavy (non-hydrogen) atoms. The summed E-state index contributed by atoms with van der Waals surface area (Å²) in [4.78, 5) is 11.8. The molecule has 4 nitrogen and oxygen atoms in total. The third-order valence-electron chi connectivity index (χ3n) is 2.86. The van der Waals surface area contributed by atoms with Crippen molar-refractivity contribution in [2.45, 2.75) is 25.3 Å². The van der Waals surface area contributed by atoms with Crippen LogP contribution in [-0.4, -0.2) is 31.0 Å². The van der Waals surface area contributed by atoms with E-state index in [2.05, 4.69) is 10.6 Å². The highest BCUT2D eigenvalue weighted by Gasteiger charge is 2.42. The van der Waals surface area contributed by atoms with E-state index in [-0.39, 0.29) is 0 Å². The van der Waals surface area contributed by atoms with E-state index in [1.807, 2.05) is 6.92 Å². The molecule has 1 aliphatic heterocycles. The molecule has 104 valence electrons. The number of nitrogens with one attached hydrogen (secondary N) is 2. The van der Waals surface area contributed by atoms with E-state index in [0.29, 0.717) is 18.0 Å². The highest BCUT2D eigenvalue weighted by molar-refractivity contribution is 5.95. The Bertz CT molecular complexity index is 448. The van der Waals surface area contributed by atoms with Crippen molar-refractivity contribution in [2.75, 3.05) is 18.5 Å². The molecule has 0 aliphatic carbocycles. The van der Waals surface area contributed by atoms with Gasteiger partial charge in [-0.3, -0.25) is 10.1 Å². The SMILES string of the molecule is CCOc1ccc(NC(=O)C2CC(F)(F)CN2)cc1. The molecule has 1 saturated heterocycles. The van der Waals surface area contributed by atoms with Gasteiger partial charge in [-0.25, -0.2) is 8.78 Å². The molecule has 0 spiro atoms. The molecule has 0 radical (unpaired) electrons. The molecule has 1 heterocycles. The number of benzene rings is 1. The molecular weight excluding hydrogens is 254 g/mol. The summed E-state index contributed by atoms with van der Waals surface area (Å²) in [5.41, 5.74) is 0.561. The number of ether oxygens (including phenoxy) is 1. The number of hydrogen-bond donors (Lipinski definition) is 2. The monoisotopic (exact) mass is 270 g/mol. The number of alkyl halides is 2. The Balaban J connectivity index is 1.92.